The highest BCUT2D eigenvalue weighted by molar-refractivity contribution is 5.52. The molecule has 0 fully saturated rings. The minimum Gasteiger partial charge on any atom is -0.485 e. The Morgan fingerprint density at radius 1 is 0.647 bits per heavy atom. The minimum atomic E-state index is 0.464. The zero-order chi connectivity index (χ0) is 23.0. The smallest absolute Gasteiger partial charge is 0.165 e. The maximum Gasteiger partial charge on any atom is 0.165 e. The first kappa shape index (κ1) is 22.2. The van der Waals surface area contributed by atoms with Crippen LogP contribution in [-0.4, -0.2) is 6.04 Å². The predicted octanol–water partition coefficient (Wildman–Crippen LogP) is 6.49. The first-order valence-electron chi connectivity index (χ1n) is 12.1. The van der Waals surface area contributed by atoms with E-state index in [1.165, 1.54) is 16.7 Å². The molecule has 0 saturated heterocycles. The molecule has 4 aromatic carbocycles. The number of hydrogen-bond acceptors (Lipinski definition) is 3. The lowest BCUT2D eigenvalue weighted by atomic mass is 9.87. The number of ether oxygens (including phenoxy) is 2. The molecule has 1 aliphatic rings. The third kappa shape index (κ3) is 5.67. The van der Waals surface area contributed by atoms with Crippen molar-refractivity contribution < 1.29 is 9.47 Å². The summed E-state index contributed by atoms with van der Waals surface area (Å²) in [6, 6.07) is 36.0. The van der Waals surface area contributed by atoms with E-state index in [-0.39, 0.29) is 0 Å². The molecule has 1 aliphatic carbocycles. The predicted molar refractivity (Wildman–Crippen MR) is 137 cm³/mol. The van der Waals surface area contributed by atoms with Crippen LogP contribution in [-0.2, 0) is 32.6 Å². The van der Waals surface area contributed by atoms with Crippen LogP contribution in [0.2, 0.25) is 0 Å². The van der Waals surface area contributed by atoms with E-state index in [1.807, 2.05) is 24.3 Å². The van der Waals surface area contributed by atoms with E-state index in [9.17, 15) is 0 Å². The number of fused-ring (bicyclic) bond motifs is 1. The summed E-state index contributed by atoms with van der Waals surface area (Å²) in [5, 5.41) is 3.75. The summed E-state index contributed by atoms with van der Waals surface area (Å²) < 4.78 is 12.7. The molecule has 172 valence electrons. The van der Waals surface area contributed by atoms with Gasteiger partial charge in [-0.15, -0.1) is 0 Å². The molecule has 3 nitrogen and oxygen atoms in total. The van der Waals surface area contributed by atoms with Crippen LogP contribution in [0.25, 0.3) is 0 Å². The Labute approximate surface area is 202 Å². The van der Waals surface area contributed by atoms with Crippen LogP contribution in [0.4, 0.5) is 0 Å². The number of benzene rings is 4. The van der Waals surface area contributed by atoms with Gasteiger partial charge >= 0.3 is 0 Å². The van der Waals surface area contributed by atoms with E-state index in [2.05, 4.69) is 84.2 Å². The van der Waals surface area contributed by atoms with Gasteiger partial charge < -0.3 is 14.8 Å². The summed E-state index contributed by atoms with van der Waals surface area (Å²) in [6.07, 6.45) is 3.07. The fraction of sp³-hybridized carbons (Fsp3) is 0.226. The molecule has 1 N–H and O–H groups in total. The molecule has 0 amide bonds. The lowest BCUT2D eigenvalue weighted by molar-refractivity contribution is 0.252. The van der Waals surface area contributed by atoms with E-state index in [4.69, 9.17) is 9.47 Å². The molecule has 5 rings (SSSR count). The molecule has 4 aromatic rings. The molecule has 0 aliphatic heterocycles. The van der Waals surface area contributed by atoms with Gasteiger partial charge in [-0.2, -0.15) is 0 Å². The molecule has 0 saturated carbocycles. The Morgan fingerprint density at radius 3 is 1.88 bits per heavy atom. The van der Waals surface area contributed by atoms with Crippen LogP contribution in [0.15, 0.2) is 103 Å². The number of nitrogens with one attached hydrogen (secondary N) is 1. The molecule has 1 atom stereocenters. The van der Waals surface area contributed by atoms with E-state index >= 15 is 0 Å². The SMILES string of the molecule is c1ccc(CNC2CCc3c(ccc(OCc4ccccc4)c3OCc3ccccc3)C2)cc1. The van der Waals surface area contributed by atoms with E-state index in [1.54, 1.807) is 0 Å². The summed E-state index contributed by atoms with van der Waals surface area (Å²) in [4.78, 5) is 0. The normalized spacial score (nSPS) is 14.9. The summed E-state index contributed by atoms with van der Waals surface area (Å²) in [5.74, 6) is 1.73. The zero-order valence-corrected chi connectivity index (χ0v) is 19.5. The van der Waals surface area contributed by atoms with Crippen molar-refractivity contribution in [3.63, 3.8) is 0 Å². The van der Waals surface area contributed by atoms with Crippen LogP contribution in [0.3, 0.4) is 0 Å². The first-order chi connectivity index (χ1) is 16.8. The number of rotatable bonds is 9. The third-order valence-corrected chi connectivity index (χ3v) is 6.43. The van der Waals surface area contributed by atoms with Crippen molar-refractivity contribution in [2.45, 2.75) is 45.1 Å². The van der Waals surface area contributed by atoms with Crippen LogP contribution >= 0.6 is 0 Å². The second kappa shape index (κ2) is 11.0. The molecule has 3 heteroatoms. The van der Waals surface area contributed by atoms with Gasteiger partial charge in [0.15, 0.2) is 11.5 Å². The monoisotopic (exact) mass is 449 g/mol. The summed E-state index contributed by atoms with van der Waals surface area (Å²) in [6.45, 7) is 1.97. The van der Waals surface area contributed by atoms with Crippen LogP contribution in [0, 0.1) is 0 Å². The van der Waals surface area contributed by atoms with Crippen molar-refractivity contribution in [3.8, 4) is 11.5 Å². The summed E-state index contributed by atoms with van der Waals surface area (Å²) in [5.41, 5.74) is 6.28. The Bertz CT molecular complexity index is 1180. The highest BCUT2D eigenvalue weighted by Crippen LogP contribution is 2.39. The third-order valence-electron chi connectivity index (χ3n) is 6.43. The minimum absolute atomic E-state index is 0.464. The maximum atomic E-state index is 6.43. The van der Waals surface area contributed by atoms with Crippen molar-refractivity contribution in [2.24, 2.45) is 0 Å². The van der Waals surface area contributed by atoms with Crippen molar-refractivity contribution in [1.82, 2.24) is 5.32 Å². The molecule has 0 heterocycles. The summed E-state index contributed by atoms with van der Waals surface area (Å²) in [7, 11) is 0. The maximum absolute atomic E-state index is 6.43. The molecular weight excluding hydrogens is 418 g/mol. The molecule has 0 spiro atoms. The summed E-state index contributed by atoms with van der Waals surface area (Å²) >= 11 is 0. The lowest BCUT2D eigenvalue weighted by Crippen LogP contribution is -2.34. The topological polar surface area (TPSA) is 30.5 Å². The Kier molecular flexibility index (Phi) is 7.22. The molecule has 1 unspecified atom stereocenters. The zero-order valence-electron chi connectivity index (χ0n) is 19.5. The second-order valence-corrected chi connectivity index (χ2v) is 8.89. The first-order valence-corrected chi connectivity index (χ1v) is 12.1. The Hall–Kier alpha value is -3.56. The average Bonchev–Trinajstić information content (AvgIpc) is 2.91. The quantitative estimate of drug-likeness (QED) is 0.317. The highest BCUT2D eigenvalue weighted by atomic mass is 16.5. The van der Waals surface area contributed by atoms with Crippen molar-refractivity contribution in [2.75, 3.05) is 0 Å². The average molecular weight is 450 g/mol. The second-order valence-electron chi connectivity index (χ2n) is 8.89. The van der Waals surface area contributed by atoms with Crippen LogP contribution < -0.4 is 14.8 Å². The van der Waals surface area contributed by atoms with Crippen LogP contribution in [0.5, 0.6) is 11.5 Å². The van der Waals surface area contributed by atoms with Gasteiger partial charge in [-0.3, -0.25) is 0 Å². The highest BCUT2D eigenvalue weighted by Gasteiger charge is 2.24. The molecule has 0 aromatic heterocycles. The van der Waals surface area contributed by atoms with Crippen LogP contribution in [0.1, 0.15) is 34.2 Å². The standard InChI is InChI=1S/C31H31NO2/c1-4-10-24(11-5-1)21-32-28-17-18-29-27(20-28)16-19-30(33-22-25-12-6-2-7-13-25)31(29)34-23-26-14-8-3-9-15-26/h1-16,19,28,32H,17-18,20-23H2. The van der Waals surface area contributed by atoms with Crippen molar-refractivity contribution in [3.05, 3.63) is 131 Å². The van der Waals surface area contributed by atoms with Gasteiger partial charge in [0.1, 0.15) is 13.2 Å². The fourth-order valence-corrected chi connectivity index (χ4v) is 4.57. The van der Waals surface area contributed by atoms with Gasteiger partial charge in [-0.1, -0.05) is 97.1 Å². The van der Waals surface area contributed by atoms with Crippen molar-refractivity contribution >= 4 is 0 Å². The van der Waals surface area contributed by atoms with Gasteiger partial charge in [-0.25, -0.2) is 0 Å². The van der Waals surface area contributed by atoms with Gasteiger partial charge in [0, 0.05) is 18.2 Å². The lowest BCUT2D eigenvalue weighted by Gasteiger charge is -2.28. The molecule has 34 heavy (non-hydrogen) atoms. The molecular formula is C31H31NO2. The molecule has 0 bridgehead atoms. The van der Waals surface area contributed by atoms with Gasteiger partial charge in [0.05, 0.1) is 0 Å². The Balaban J connectivity index is 1.33. The largest absolute Gasteiger partial charge is 0.485 e. The fourth-order valence-electron chi connectivity index (χ4n) is 4.57. The number of hydrogen-bond donors (Lipinski definition) is 1. The van der Waals surface area contributed by atoms with E-state index < -0.39 is 0 Å². The van der Waals surface area contributed by atoms with E-state index in [0.717, 1.165) is 48.4 Å². The van der Waals surface area contributed by atoms with Crippen molar-refractivity contribution in [1.29, 1.82) is 0 Å². The van der Waals surface area contributed by atoms with E-state index in [0.29, 0.717) is 19.3 Å². The Morgan fingerprint density at radius 2 is 1.24 bits per heavy atom. The van der Waals surface area contributed by atoms with Gasteiger partial charge in [0.25, 0.3) is 0 Å². The van der Waals surface area contributed by atoms with Gasteiger partial charge in [-0.05, 0) is 47.6 Å². The molecule has 0 radical (unpaired) electrons. The van der Waals surface area contributed by atoms with Gasteiger partial charge in [0.2, 0.25) is 0 Å².